The van der Waals surface area contributed by atoms with E-state index < -0.39 is 0 Å². The molecule has 2 heterocycles. The van der Waals surface area contributed by atoms with E-state index in [1.165, 1.54) is 17.5 Å². The standard InChI is InChI=1S/C13H15ClN4OS/c1-3-15-12-4-10(11(14)5-16-12)13(19)18(2)6-9-7-20-8-17-9/h4-5,7-8H,3,6H2,1-2H3,(H,15,16). The first-order valence-electron chi connectivity index (χ1n) is 6.13. The molecule has 0 spiro atoms. The highest BCUT2D eigenvalue weighted by atomic mass is 35.5. The summed E-state index contributed by atoms with van der Waals surface area (Å²) in [6.07, 6.45) is 1.49. The Morgan fingerprint density at radius 1 is 1.50 bits per heavy atom. The minimum absolute atomic E-state index is 0.149. The van der Waals surface area contributed by atoms with Crippen molar-refractivity contribution in [3.05, 3.63) is 39.4 Å². The Kier molecular flexibility index (Phi) is 4.92. The smallest absolute Gasteiger partial charge is 0.255 e. The second-order valence-corrected chi connectivity index (χ2v) is 5.35. The molecule has 0 saturated heterocycles. The number of amides is 1. The number of thiazole rings is 1. The molecular weight excluding hydrogens is 296 g/mol. The number of carbonyl (C=O) groups excluding carboxylic acids is 1. The molecule has 0 atom stereocenters. The average Bonchev–Trinajstić information content (AvgIpc) is 2.93. The normalized spacial score (nSPS) is 10.3. The van der Waals surface area contributed by atoms with Gasteiger partial charge in [-0.05, 0) is 13.0 Å². The van der Waals surface area contributed by atoms with Gasteiger partial charge >= 0.3 is 0 Å². The molecule has 0 radical (unpaired) electrons. The highest BCUT2D eigenvalue weighted by Crippen LogP contribution is 2.20. The lowest BCUT2D eigenvalue weighted by molar-refractivity contribution is 0.0784. The van der Waals surface area contributed by atoms with Crippen LogP contribution in [0.2, 0.25) is 5.02 Å². The van der Waals surface area contributed by atoms with Gasteiger partial charge < -0.3 is 10.2 Å². The summed E-state index contributed by atoms with van der Waals surface area (Å²) in [5.41, 5.74) is 3.05. The quantitative estimate of drug-likeness (QED) is 0.922. The van der Waals surface area contributed by atoms with Crippen molar-refractivity contribution in [1.82, 2.24) is 14.9 Å². The number of hydrogen-bond acceptors (Lipinski definition) is 5. The van der Waals surface area contributed by atoms with Gasteiger partial charge in [0, 0.05) is 25.2 Å². The summed E-state index contributed by atoms with van der Waals surface area (Å²) in [4.78, 5) is 22.3. The fourth-order valence-electron chi connectivity index (χ4n) is 1.72. The Labute approximate surface area is 126 Å². The van der Waals surface area contributed by atoms with E-state index in [1.807, 2.05) is 12.3 Å². The lowest BCUT2D eigenvalue weighted by atomic mass is 10.2. The van der Waals surface area contributed by atoms with Crippen molar-refractivity contribution in [3.63, 3.8) is 0 Å². The van der Waals surface area contributed by atoms with Crippen molar-refractivity contribution in [2.24, 2.45) is 0 Å². The molecule has 7 heteroatoms. The number of aromatic nitrogens is 2. The van der Waals surface area contributed by atoms with Gasteiger partial charge in [0.1, 0.15) is 5.82 Å². The first-order valence-corrected chi connectivity index (χ1v) is 7.45. The molecule has 0 aliphatic heterocycles. The third-order valence-corrected chi connectivity index (χ3v) is 3.61. The van der Waals surface area contributed by atoms with Crippen LogP contribution >= 0.6 is 22.9 Å². The summed E-state index contributed by atoms with van der Waals surface area (Å²) in [6, 6.07) is 1.67. The molecule has 0 bridgehead atoms. The first kappa shape index (κ1) is 14.7. The van der Waals surface area contributed by atoms with Crippen LogP contribution in [0.3, 0.4) is 0 Å². The Morgan fingerprint density at radius 3 is 2.95 bits per heavy atom. The van der Waals surface area contributed by atoms with E-state index in [1.54, 1.807) is 23.5 Å². The number of hydrogen-bond donors (Lipinski definition) is 1. The van der Waals surface area contributed by atoms with E-state index in [9.17, 15) is 4.79 Å². The Morgan fingerprint density at radius 2 is 2.30 bits per heavy atom. The molecule has 2 aromatic heterocycles. The molecule has 2 rings (SSSR count). The molecule has 0 aliphatic rings. The average molecular weight is 311 g/mol. The minimum Gasteiger partial charge on any atom is -0.370 e. The molecule has 0 aromatic carbocycles. The molecule has 1 N–H and O–H groups in total. The zero-order chi connectivity index (χ0) is 14.5. The fourth-order valence-corrected chi connectivity index (χ4v) is 2.45. The van der Waals surface area contributed by atoms with E-state index >= 15 is 0 Å². The van der Waals surface area contributed by atoms with Gasteiger partial charge in [-0.1, -0.05) is 11.6 Å². The zero-order valence-electron chi connectivity index (χ0n) is 11.3. The van der Waals surface area contributed by atoms with Crippen molar-refractivity contribution >= 4 is 34.7 Å². The number of rotatable bonds is 5. The maximum atomic E-state index is 12.4. The van der Waals surface area contributed by atoms with Gasteiger partial charge in [0.15, 0.2) is 0 Å². The monoisotopic (exact) mass is 310 g/mol. The first-order chi connectivity index (χ1) is 9.61. The van der Waals surface area contributed by atoms with Gasteiger partial charge in [0.2, 0.25) is 0 Å². The minimum atomic E-state index is -0.149. The van der Waals surface area contributed by atoms with Gasteiger partial charge in [0.05, 0.1) is 28.3 Å². The highest BCUT2D eigenvalue weighted by molar-refractivity contribution is 7.07. The lowest BCUT2D eigenvalue weighted by Gasteiger charge is -2.17. The summed E-state index contributed by atoms with van der Waals surface area (Å²) in [5, 5.41) is 5.33. The zero-order valence-corrected chi connectivity index (χ0v) is 12.8. The second-order valence-electron chi connectivity index (χ2n) is 4.22. The van der Waals surface area contributed by atoms with Crippen LogP contribution in [0, 0.1) is 0 Å². The predicted molar refractivity (Wildman–Crippen MR) is 81.3 cm³/mol. The SMILES string of the molecule is CCNc1cc(C(=O)N(C)Cc2cscn2)c(Cl)cn1. The van der Waals surface area contributed by atoms with Crippen LogP contribution in [-0.2, 0) is 6.54 Å². The number of pyridine rings is 1. The fraction of sp³-hybridized carbons (Fsp3) is 0.308. The third kappa shape index (κ3) is 3.46. The number of nitrogens with one attached hydrogen (secondary N) is 1. The summed E-state index contributed by atoms with van der Waals surface area (Å²) < 4.78 is 0. The molecule has 0 fully saturated rings. The van der Waals surface area contributed by atoms with E-state index in [2.05, 4.69) is 15.3 Å². The van der Waals surface area contributed by atoms with Gasteiger partial charge in [0.25, 0.3) is 5.91 Å². The van der Waals surface area contributed by atoms with Crippen LogP contribution in [0.5, 0.6) is 0 Å². The van der Waals surface area contributed by atoms with E-state index in [0.29, 0.717) is 22.9 Å². The van der Waals surface area contributed by atoms with Crippen molar-refractivity contribution in [3.8, 4) is 0 Å². The predicted octanol–water partition coefficient (Wildman–Crippen LogP) is 2.90. The van der Waals surface area contributed by atoms with Crippen molar-refractivity contribution < 1.29 is 4.79 Å². The van der Waals surface area contributed by atoms with Crippen molar-refractivity contribution in [2.75, 3.05) is 18.9 Å². The molecule has 0 aliphatic carbocycles. The Balaban J connectivity index is 2.17. The van der Waals surface area contributed by atoms with Crippen LogP contribution in [0.1, 0.15) is 23.0 Å². The molecule has 5 nitrogen and oxygen atoms in total. The maximum Gasteiger partial charge on any atom is 0.255 e. The topological polar surface area (TPSA) is 58.1 Å². The number of carbonyl (C=O) groups is 1. The van der Waals surface area contributed by atoms with E-state index in [-0.39, 0.29) is 5.91 Å². The van der Waals surface area contributed by atoms with Crippen LogP contribution in [0.25, 0.3) is 0 Å². The Hall–Kier alpha value is -1.66. The van der Waals surface area contributed by atoms with E-state index in [4.69, 9.17) is 11.6 Å². The molecule has 0 saturated carbocycles. The van der Waals surface area contributed by atoms with Gasteiger partial charge in [-0.3, -0.25) is 4.79 Å². The second kappa shape index (κ2) is 6.67. The molecule has 106 valence electrons. The summed E-state index contributed by atoms with van der Waals surface area (Å²) >= 11 is 7.57. The van der Waals surface area contributed by atoms with Gasteiger partial charge in [-0.25, -0.2) is 9.97 Å². The van der Waals surface area contributed by atoms with Crippen LogP contribution < -0.4 is 5.32 Å². The van der Waals surface area contributed by atoms with Crippen molar-refractivity contribution in [1.29, 1.82) is 0 Å². The maximum absolute atomic E-state index is 12.4. The Bertz CT molecular complexity index is 588. The summed E-state index contributed by atoms with van der Waals surface area (Å²) in [5.74, 6) is 0.492. The van der Waals surface area contributed by atoms with Crippen LogP contribution in [0.15, 0.2) is 23.2 Å². The largest absolute Gasteiger partial charge is 0.370 e. The number of halogens is 1. The van der Waals surface area contributed by atoms with Crippen LogP contribution in [-0.4, -0.2) is 34.4 Å². The summed E-state index contributed by atoms with van der Waals surface area (Å²) in [6.45, 7) is 3.15. The molecule has 20 heavy (non-hydrogen) atoms. The molecule has 0 unspecified atom stereocenters. The van der Waals surface area contributed by atoms with Gasteiger partial charge in [-0.15, -0.1) is 11.3 Å². The molecule has 1 amide bonds. The summed E-state index contributed by atoms with van der Waals surface area (Å²) in [7, 11) is 1.73. The van der Waals surface area contributed by atoms with Gasteiger partial charge in [-0.2, -0.15) is 0 Å². The molecular formula is C13H15ClN4OS. The molecule has 2 aromatic rings. The lowest BCUT2D eigenvalue weighted by Crippen LogP contribution is -2.26. The third-order valence-electron chi connectivity index (χ3n) is 2.67. The van der Waals surface area contributed by atoms with E-state index in [0.717, 1.165) is 12.2 Å². The number of anilines is 1. The highest BCUT2D eigenvalue weighted by Gasteiger charge is 2.17. The van der Waals surface area contributed by atoms with Crippen molar-refractivity contribution in [2.45, 2.75) is 13.5 Å². The van der Waals surface area contributed by atoms with Crippen LogP contribution in [0.4, 0.5) is 5.82 Å². The number of nitrogens with zero attached hydrogens (tertiary/aromatic N) is 3.